The third-order valence-electron chi connectivity index (χ3n) is 3.90. The summed E-state index contributed by atoms with van der Waals surface area (Å²) in [6.45, 7) is 4.50. The number of nitrogens with zero attached hydrogens (tertiary/aromatic N) is 2. The zero-order chi connectivity index (χ0) is 17.8. The van der Waals surface area contributed by atoms with Crippen LogP contribution in [0.1, 0.15) is 17.0 Å². The van der Waals surface area contributed by atoms with Crippen molar-refractivity contribution in [2.45, 2.75) is 20.4 Å². The van der Waals surface area contributed by atoms with Crippen LogP contribution in [0, 0.1) is 13.8 Å². The van der Waals surface area contributed by atoms with E-state index in [1.165, 1.54) is 0 Å². The molecule has 5 nitrogen and oxygen atoms in total. The largest absolute Gasteiger partial charge is 0.323 e. The van der Waals surface area contributed by atoms with Crippen LogP contribution in [0.25, 0.3) is 0 Å². The Morgan fingerprint density at radius 1 is 1.04 bits per heavy atom. The van der Waals surface area contributed by atoms with Crippen LogP contribution in [0.2, 0.25) is 0 Å². The van der Waals surface area contributed by atoms with Gasteiger partial charge in [0.15, 0.2) is 0 Å². The number of carbonyl (C=O) groups excluding carboxylic acids is 1. The first kappa shape index (κ1) is 17.2. The van der Waals surface area contributed by atoms with Crippen molar-refractivity contribution in [2.75, 3.05) is 10.6 Å². The molecule has 0 saturated heterocycles. The number of benzene rings is 2. The molecule has 0 saturated carbocycles. The van der Waals surface area contributed by atoms with Gasteiger partial charge in [-0.05, 0) is 43.7 Å². The number of para-hydroxylation sites is 1. The molecule has 0 aliphatic carbocycles. The lowest BCUT2D eigenvalue weighted by molar-refractivity contribution is 0.262. The Balaban J connectivity index is 1.73. The van der Waals surface area contributed by atoms with Crippen LogP contribution < -0.4 is 10.6 Å². The molecule has 3 rings (SSSR count). The van der Waals surface area contributed by atoms with Crippen molar-refractivity contribution in [3.8, 4) is 0 Å². The topological polar surface area (TPSA) is 59.0 Å². The fraction of sp³-hybridized carbons (Fsp3) is 0.158. The first-order valence-electron chi connectivity index (χ1n) is 7.94. The standard InChI is InChI=1S/C19H19BrN4O/c1-13-18(22-19(25)21-17-6-4-3-5-7-17)14(2)24(23-13)12-15-8-10-16(20)11-9-15/h3-11H,12H2,1-2H3,(H2,21,22,25). The van der Waals surface area contributed by atoms with E-state index in [2.05, 4.69) is 43.8 Å². The summed E-state index contributed by atoms with van der Waals surface area (Å²) in [4.78, 5) is 12.2. The SMILES string of the molecule is Cc1nn(Cc2ccc(Br)cc2)c(C)c1NC(=O)Nc1ccccc1. The van der Waals surface area contributed by atoms with Crippen molar-refractivity contribution in [3.63, 3.8) is 0 Å². The molecule has 0 aliphatic rings. The van der Waals surface area contributed by atoms with Crippen molar-refractivity contribution in [1.82, 2.24) is 9.78 Å². The van der Waals surface area contributed by atoms with Crippen LogP contribution in [0.4, 0.5) is 16.2 Å². The van der Waals surface area contributed by atoms with E-state index in [9.17, 15) is 4.79 Å². The maximum Gasteiger partial charge on any atom is 0.323 e. The van der Waals surface area contributed by atoms with Gasteiger partial charge in [0.05, 0.1) is 23.6 Å². The van der Waals surface area contributed by atoms with E-state index in [0.29, 0.717) is 6.54 Å². The number of aryl methyl sites for hydroxylation is 1. The molecule has 0 bridgehead atoms. The number of anilines is 2. The minimum absolute atomic E-state index is 0.277. The molecule has 1 heterocycles. The van der Waals surface area contributed by atoms with Crippen molar-refractivity contribution in [2.24, 2.45) is 0 Å². The van der Waals surface area contributed by atoms with E-state index in [0.717, 1.165) is 32.8 Å². The van der Waals surface area contributed by atoms with Gasteiger partial charge in [0.1, 0.15) is 0 Å². The van der Waals surface area contributed by atoms with Gasteiger partial charge in [-0.2, -0.15) is 5.10 Å². The van der Waals surface area contributed by atoms with Crippen LogP contribution in [0.15, 0.2) is 59.1 Å². The number of carbonyl (C=O) groups is 1. The van der Waals surface area contributed by atoms with Crippen molar-refractivity contribution >= 4 is 33.3 Å². The van der Waals surface area contributed by atoms with Crippen molar-refractivity contribution in [1.29, 1.82) is 0 Å². The number of halogens is 1. The number of hydrogen-bond acceptors (Lipinski definition) is 2. The minimum Gasteiger partial charge on any atom is -0.308 e. The van der Waals surface area contributed by atoms with Crippen LogP contribution in [-0.4, -0.2) is 15.8 Å². The summed E-state index contributed by atoms with van der Waals surface area (Å²) in [6, 6.07) is 17.2. The maximum absolute atomic E-state index is 12.2. The van der Waals surface area contributed by atoms with Crippen molar-refractivity contribution in [3.05, 3.63) is 76.0 Å². The zero-order valence-corrected chi connectivity index (χ0v) is 15.7. The highest BCUT2D eigenvalue weighted by molar-refractivity contribution is 9.10. The molecule has 0 aliphatic heterocycles. The second kappa shape index (κ2) is 7.53. The highest BCUT2D eigenvalue weighted by Crippen LogP contribution is 2.21. The van der Waals surface area contributed by atoms with Gasteiger partial charge in [0.25, 0.3) is 0 Å². The number of rotatable bonds is 4. The average Bonchev–Trinajstić information content (AvgIpc) is 2.85. The van der Waals surface area contributed by atoms with Crippen LogP contribution in [-0.2, 0) is 6.54 Å². The molecule has 0 radical (unpaired) electrons. The van der Waals surface area contributed by atoms with E-state index in [4.69, 9.17) is 0 Å². The molecule has 2 amide bonds. The van der Waals surface area contributed by atoms with Gasteiger partial charge in [-0.15, -0.1) is 0 Å². The lowest BCUT2D eigenvalue weighted by Crippen LogP contribution is -2.20. The number of urea groups is 1. The summed E-state index contributed by atoms with van der Waals surface area (Å²) in [5.41, 5.74) is 4.35. The second-order valence-corrected chi connectivity index (χ2v) is 6.69. The Bertz CT molecular complexity index is 872. The van der Waals surface area contributed by atoms with Gasteiger partial charge in [-0.1, -0.05) is 46.3 Å². The van der Waals surface area contributed by atoms with E-state index in [1.807, 2.05) is 61.0 Å². The van der Waals surface area contributed by atoms with E-state index >= 15 is 0 Å². The fourth-order valence-corrected chi connectivity index (χ4v) is 2.86. The number of hydrogen-bond donors (Lipinski definition) is 2. The van der Waals surface area contributed by atoms with Crippen LogP contribution >= 0.6 is 15.9 Å². The third-order valence-corrected chi connectivity index (χ3v) is 4.43. The number of nitrogens with one attached hydrogen (secondary N) is 2. The summed E-state index contributed by atoms with van der Waals surface area (Å²) < 4.78 is 2.95. The molecule has 2 aromatic carbocycles. The number of aromatic nitrogens is 2. The molecule has 3 aromatic rings. The molecule has 6 heteroatoms. The first-order valence-corrected chi connectivity index (χ1v) is 8.74. The average molecular weight is 399 g/mol. The van der Waals surface area contributed by atoms with Crippen LogP contribution in [0.3, 0.4) is 0 Å². The molecule has 0 fully saturated rings. The van der Waals surface area contributed by atoms with Gasteiger partial charge < -0.3 is 10.6 Å². The van der Waals surface area contributed by atoms with Crippen LogP contribution in [0.5, 0.6) is 0 Å². The van der Waals surface area contributed by atoms with E-state index in [1.54, 1.807) is 0 Å². The minimum atomic E-state index is -0.277. The molecule has 25 heavy (non-hydrogen) atoms. The quantitative estimate of drug-likeness (QED) is 0.652. The predicted molar refractivity (Wildman–Crippen MR) is 104 cm³/mol. The van der Waals surface area contributed by atoms with Gasteiger partial charge in [-0.3, -0.25) is 4.68 Å². The molecule has 0 atom stereocenters. The second-order valence-electron chi connectivity index (χ2n) is 5.78. The summed E-state index contributed by atoms with van der Waals surface area (Å²) in [5, 5.41) is 10.3. The Labute approximate surface area is 155 Å². The van der Waals surface area contributed by atoms with Gasteiger partial charge in [0, 0.05) is 10.2 Å². The van der Waals surface area contributed by atoms with E-state index in [-0.39, 0.29) is 6.03 Å². The van der Waals surface area contributed by atoms with Crippen molar-refractivity contribution < 1.29 is 4.79 Å². The molecule has 2 N–H and O–H groups in total. The molecule has 0 spiro atoms. The maximum atomic E-state index is 12.2. The monoisotopic (exact) mass is 398 g/mol. The molecular formula is C19H19BrN4O. The predicted octanol–water partition coefficient (Wildman–Crippen LogP) is 4.95. The molecular weight excluding hydrogens is 380 g/mol. The van der Waals surface area contributed by atoms with Gasteiger partial charge in [0.2, 0.25) is 0 Å². The highest BCUT2D eigenvalue weighted by atomic mass is 79.9. The Hall–Kier alpha value is -2.60. The fourth-order valence-electron chi connectivity index (χ4n) is 2.59. The Morgan fingerprint density at radius 3 is 2.40 bits per heavy atom. The number of amides is 2. The lowest BCUT2D eigenvalue weighted by atomic mass is 10.2. The summed E-state index contributed by atoms with van der Waals surface area (Å²) >= 11 is 3.44. The molecule has 128 valence electrons. The summed E-state index contributed by atoms with van der Waals surface area (Å²) in [5.74, 6) is 0. The van der Waals surface area contributed by atoms with Gasteiger partial charge in [-0.25, -0.2) is 4.79 Å². The van der Waals surface area contributed by atoms with Gasteiger partial charge >= 0.3 is 6.03 Å². The zero-order valence-electron chi connectivity index (χ0n) is 14.1. The smallest absolute Gasteiger partial charge is 0.308 e. The summed E-state index contributed by atoms with van der Waals surface area (Å²) in [7, 11) is 0. The molecule has 0 unspecified atom stereocenters. The highest BCUT2D eigenvalue weighted by Gasteiger charge is 2.14. The Morgan fingerprint density at radius 2 is 1.72 bits per heavy atom. The Kier molecular flexibility index (Phi) is 5.19. The van der Waals surface area contributed by atoms with E-state index < -0.39 is 0 Å². The summed E-state index contributed by atoms with van der Waals surface area (Å²) in [6.07, 6.45) is 0. The normalized spacial score (nSPS) is 10.5. The third kappa shape index (κ3) is 4.28. The lowest BCUT2D eigenvalue weighted by Gasteiger charge is -2.09. The first-order chi connectivity index (χ1) is 12.0. The molecule has 1 aromatic heterocycles.